The van der Waals surface area contributed by atoms with E-state index in [4.69, 9.17) is 9.73 Å². The molecule has 2 heterocycles. The van der Waals surface area contributed by atoms with E-state index in [-0.39, 0.29) is 5.82 Å². The Balaban J connectivity index is 1.69. The van der Waals surface area contributed by atoms with E-state index in [9.17, 15) is 4.39 Å². The maximum atomic E-state index is 13.6. The minimum absolute atomic E-state index is 0.245. The summed E-state index contributed by atoms with van der Waals surface area (Å²) in [4.78, 5) is 7.01. The molecule has 0 saturated carbocycles. The molecule has 0 aliphatic carbocycles. The number of ether oxygens (including phenoxy) is 1. The highest BCUT2D eigenvalue weighted by Crippen LogP contribution is 2.38. The van der Waals surface area contributed by atoms with Gasteiger partial charge in [0.05, 0.1) is 17.6 Å². The standard InChI is InChI=1S/C17H23BrFN3O/c1-2-20-16(21-10-13-3-4-14(18)15(19)9-13)22-7-5-17(11-22)6-8-23-12-17/h3-4,9H,2,5-8,10-12H2,1H3,(H,20,21). The minimum Gasteiger partial charge on any atom is -0.381 e. The van der Waals surface area contributed by atoms with Crippen molar-refractivity contribution in [3.63, 3.8) is 0 Å². The van der Waals surface area contributed by atoms with Gasteiger partial charge in [0, 0.05) is 31.7 Å². The lowest BCUT2D eigenvalue weighted by atomic mass is 9.87. The summed E-state index contributed by atoms with van der Waals surface area (Å²) in [7, 11) is 0. The van der Waals surface area contributed by atoms with Crippen molar-refractivity contribution in [2.24, 2.45) is 10.4 Å². The van der Waals surface area contributed by atoms with Gasteiger partial charge >= 0.3 is 0 Å². The lowest BCUT2D eigenvalue weighted by molar-refractivity contribution is 0.156. The number of nitrogens with one attached hydrogen (secondary N) is 1. The van der Waals surface area contributed by atoms with Gasteiger partial charge in [-0.25, -0.2) is 9.38 Å². The lowest BCUT2D eigenvalue weighted by Crippen LogP contribution is -2.41. The van der Waals surface area contributed by atoms with Gasteiger partial charge in [0.15, 0.2) is 5.96 Å². The van der Waals surface area contributed by atoms with E-state index in [1.165, 1.54) is 6.07 Å². The summed E-state index contributed by atoms with van der Waals surface area (Å²) in [6.07, 6.45) is 2.30. The highest BCUT2D eigenvalue weighted by atomic mass is 79.9. The zero-order valence-electron chi connectivity index (χ0n) is 13.4. The van der Waals surface area contributed by atoms with Gasteiger partial charge in [-0.15, -0.1) is 0 Å². The van der Waals surface area contributed by atoms with Gasteiger partial charge in [0.25, 0.3) is 0 Å². The monoisotopic (exact) mass is 383 g/mol. The van der Waals surface area contributed by atoms with Crippen molar-refractivity contribution in [2.45, 2.75) is 26.3 Å². The molecular weight excluding hydrogens is 361 g/mol. The van der Waals surface area contributed by atoms with E-state index >= 15 is 0 Å². The summed E-state index contributed by atoms with van der Waals surface area (Å²) in [5.74, 6) is 0.672. The zero-order chi connectivity index (χ0) is 16.3. The molecule has 0 aromatic heterocycles. The van der Waals surface area contributed by atoms with Crippen molar-refractivity contribution in [3.8, 4) is 0 Å². The molecule has 2 fully saturated rings. The quantitative estimate of drug-likeness (QED) is 0.643. The van der Waals surface area contributed by atoms with Crippen LogP contribution in [0.1, 0.15) is 25.3 Å². The van der Waals surface area contributed by atoms with Crippen LogP contribution in [0.4, 0.5) is 4.39 Å². The van der Waals surface area contributed by atoms with Crippen molar-refractivity contribution >= 4 is 21.9 Å². The second-order valence-corrected chi connectivity index (χ2v) is 7.25. The topological polar surface area (TPSA) is 36.9 Å². The summed E-state index contributed by atoms with van der Waals surface area (Å²) < 4.78 is 19.7. The predicted octanol–water partition coefficient (Wildman–Crippen LogP) is 3.17. The van der Waals surface area contributed by atoms with Gasteiger partial charge in [0.2, 0.25) is 0 Å². The van der Waals surface area contributed by atoms with Crippen LogP contribution in [0.15, 0.2) is 27.7 Å². The van der Waals surface area contributed by atoms with Crippen molar-refractivity contribution in [3.05, 3.63) is 34.1 Å². The number of hydrogen-bond donors (Lipinski definition) is 1. The van der Waals surface area contributed by atoms with Crippen LogP contribution in [0.2, 0.25) is 0 Å². The smallest absolute Gasteiger partial charge is 0.194 e. The van der Waals surface area contributed by atoms with Crippen LogP contribution >= 0.6 is 15.9 Å². The summed E-state index contributed by atoms with van der Waals surface area (Å²) in [6, 6.07) is 5.16. The van der Waals surface area contributed by atoms with Crippen LogP contribution in [0.25, 0.3) is 0 Å². The molecule has 3 rings (SSSR count). The minimum atomic E-state index is -0.245. The summed E-state index contributed by atoms with van der Waals surface area (Å²) in [6.45, 7) is 7.11. The Bertz CT molecular complexity index is 587. The number of likely N-dealkylation sites (tertiary alicyclic amines) is 1. The molecule has 0 amide bonds. The van der Waals surface area contributed by atoms with E-state index in [0.29, 0.717) is 16.4 Å². The van der Waals surface area contributed by atoms with Crippen LogP contribution in [-0.2, 0) is 11.3 Å². The van der Waals surface area contributed by atoms with Crippen LogP contribution in [0, 0.1) is 11.2 Å². The number of halogens is 2. The molecule has 23 heavy (non-hydrogen) atoms. The van der Waals surface area contributed by atoms with Crippen molar-refractivity contribution in [1.82, 2.24) is 10.2 Å². The average Bonchev–Trinajstić information content (AvgIpc) is 3.17. The first-order valence-electron chi connectivity index (χ1n) is 8.17. The van der Waals surface area contributed by atoms with Crippen LogP contribution in [0.3, 0.4) is 0 Å². The first kappa shape index (κ1) is 16.7. The molecule has 1 aromatic carbocycles. The summed E-state index contributed by atoms with van der Waals surface area (Å²) in [5, 5.41) is 3.36. The van der Waals surface area contributed by atoms with Crippen LogP contribution in [-0.4, -0.2) is 43.7 Å². The number of rotatable bonds is 3. The molecule has 2 aliphatic heterocycles. The second-order valence-electron chi connectivity index (χ2n) is 6.39. The Morgan fingerprint density at radius 3 is 3.04 bits per heavy atom. The molecule has 1 aromatic rings. The van der Waals surface area contributed by atoms with E-state index < -0.39 is 0 Å². The highest BCUT2D eigenvalue weighted by molar-refractivity contribution is 9.10. The van der Waals surface area contributed by atoms with E-state index in [0.717, 1.165) is 57.2 Å². The fraction of sp³-hybridized carbons (Fsp3) is 0.588. The summed E-state index contributed by atoms with van der Waals surface area (Å²) >= 11 is 3.18. The first-order chi connectivity index (χ1) is 11.1. The molecule has 0 bridgehead atoms. The molecule has 1 N–H and O–H groups in total. The molecule has 6 heteroatoms. The van der Waals surface area contributed by atoms with Crippen LogP contribution in [0.5, 0.6) is 0 Å². The second kappa shape index (κ2) is 7.18. The number of hydrogen-bond acceptors (Lipinski definition) is 2. The number of nitrogens with zero attached hydrogens (tertiary/aromatic N) is 2. The molecule has 2 aliphatic rings. The molecule has 1 spiro atoms. The Morgan fingerprint density at radius 2 is 2.35 bits per heavy atom. The van der Waals surface area contributed by atoms with Gasteiger partial charge in [-0.05, 0) is 53.4 Å². The molecule has 0 radical (unpaired) electrons. The van der Waals surface area contributed by atoms with Gasteiger partial charge < -0.3 is 15.0 Å². The first-order valence-corrected chi connectivity index (χ1v) is 8.96. The third kappa shape index (κ3) is 3.86. The Kier molecular flexibility index (Phi) is 5.21. The Morgan fingerprint density at radius 1 is 1.48 bits per heavy atom. The average molecular weight is 384 g/mol. The van der Waals surface area contributed by atoms with Crippen molar-refractivity contribution in [1.29, 1.82) is 0 Å². The fourth-order valence-electron chi connectivity index (χ4n) is 3.32. The Labute approximate surface area is 145 Å². The van der Waals surface area contributed by atoms with E-state index in [1.54, 1.807) is 6.07 Å². The Hall–Kier alpha value is -1.14. The lowest BCUT2D eigenvalue weighted by Gasteiger charge is -2.25. The summed E-state index contributed by atoms with van der Waals surface area (Å²) in [5.41, 5.74) is 1.18. The van der Waals surface area contributed by atoms with Gasteiger partial charge in [-0.3, -0.25) is 0 Å². The maximum absolute atomic E-state index is 13.6. The fourth-order valence-corrected chi connectivity index (χ4v) is 3.56. The molecular formula is C17H23BrFN3O. The van der Waals surface area contributed by atoms with E-state index in [2.05, 4.69) is 33.1 Å². The number of aliphatic imine (C=N–C) groups is 1. The maximum Gasteiger partial charge on any atom is 0.194 e. The molecule has 2 saturated heterocycles. The number of guanidine groups is 1. The van der Waals surface area contributed by atoms with Crippen molar-refractivity contribution in [2.75, 3.05) is 32.8 Å². The van der Waals surface area contributed by atoms with Crippen molar-refractivity contribution < 1.29 is 9.13 Å². The molecule has 4 nitrogen and oxygen atoms in total. The van der Waals surface area contributed by atoms with Gasteiger partial charge in [0.1, 0.15) is 5.82 Å². The molecule has 1 atom stereocenters. The predicted molar refractivity (Wildman–Crippen MR) is 93.0 cm³/mol. The van der Waals surface area contributed by atoms with E-state index in [1.807, 2.05) is 6.07 Å². The van der Waals surface area contributed by atoms with Gasteiger partial charge in [-0.2, -0.15) is 0 Å². The molecule has 1 unspecified atom stereocenters. The largest absolute Gasteiger partial charge is 0.381 e. The normalized spacial score (nSPS) is 24.7. The molecule has 126 valence electrons. The third-order valence-corrected chi connectivity index (χ3v) is 5.30. The zero-order valence-corrected chi connectivity index (χ0v) is 15.0. The van der Waals surface area contributed by atoms with Gasteiger partial charge in [-0.1, -0.05) is 6.07 Å². The highest BCUT2D eigenvalue weighted by Gasteiger charge is 2.42. The third-order valence-electron chi connectivity index (χ3n) is 4.65. The van der Waals surface area contributed by atoms with Crippen LogP contribution < -0.4 is 5.32 Å². The number of benzene rings is 1. The SMILES string of the molecule is CCNC(=NCc1ccc(Br)c(F)c1)N1CCC2(CCOC2)C1.